The van der Waals surface area contributed by atoms with Gasteiger partial charge in [-0.15, -0.1) is 11.3 Å². The van der Waals surface area contributed by atoms with Crippen LogP contribution in [0.2, 0.25) is 0 Å². The number of aliphatic hydroxyl groups is 1. The number of carbonyl (C=O) groups excluding carboxylic acids is 1. The third-order valence-electron chi connectivity index (χ3n) is 2.57. The maximum absolute atomic E-state index is 11.6. The average molecular weight is 226 g/mol. The van der Waals surface area contributed by atoms with Crippen molar-refractivity contribution < 1.29 is 9.90 Å². The summed E-state index contributed by atoms with van der Waals surface area (Å²) >= 11 is 1.62. The molecule has 0 spiro atoms. The predicted octanol–water partition coefficient (Wildman–Crippen LogP) is 0.792. The summed E-state index contributed by atoms with van der Waals surface area (Å²) < 4.78 is 0. The predicted molar refractivity (Wildman–Crippen MR) is 57.5 cm³/mol. The average Bonchev–Trinajstić information content (AvgIpc) is 2.75. The van der Waals surface area contributed by atoms with Crippen LogP contribution >= 0.6 is 11.3 Å². The van der Waals surface area contributed by atoms with E-state index < -0.39 is 0 Å². The highest BCUT2D eigenvalue weighted by Crippen LogP contribution is 2.21. The normalized spacial score (nSPS) is 21.3. The fourth-order valence-electron chi connectivity index (χ4n) is 1.80. The van der Waals surface area contributed by atoms with E-state index in [0.29, 0.717) is 19.5 Å². The van der Waals surface area contributed by atoms with E-state index in [1.54, 1.807) is 16.2 Å². The molecule has 82 valence electrons. The van der Waals surface area contributed by atoms with Gasteiger partial charge in [-0.2, -0.15) is 0 Å². The molecule has 1 aromatic heterocycles. The van der Waals surface area contributed by atoms with E-state index in [9.17, 15) is 4.79 Å². The first kappa shape index (κ1) is 10.6. The molecule has 2 rings (SSSR count). The molecule has 1 atom stereocenters. The maximum Gasteiger partial charge on any atom is 0.223 e. The number of carbonyl (C=O) groups is 1. The van der Waals surface area contributed by atoms with Crippen LogP contribution in [0.25, 0.3) is 0 Å². The number of hydrogen-bond donors (Lipinski definition) is 1. The van der Waals surface area contributed by atoms with Crippen LogP contribution in [0.1, 0.15) is 16.3 Å². The zero-order chi connectivity index (χ0) is 10.8. The van der Waals surface area contributed by atoms with Gasteiger partial charge >= 0.3 is 0 Å². The van der Waals surface area contributed by atoms with Crippen LogP contribution < -0.4 is 0 Å². The Labute approximate surface area is 92.6 Å². The van der Waals surface area contributed by atoms with Gasteiger partial charge in [0.25, 0.3) is 0 Å². The third kappa shape index (κ3) is 2.35. The minimum Gasteiger partial charge on any atom is -0.396 e. The second kappa shape index (κ2) is 4.28. The SMILES string of the molecule is Cc1ncc(CN2CC(CO)CC2=O)s1. The molecule has 0 saturated carbocycles. The minimum atomic E-state index is 0.101. The lowest BCUT2D eigenvalue weighted by Crippen LogP contribution is -2.24. The number of amides is 1. The molecule has 0 aliphatic carbocycles. The van der Waals surface area contributed by atoms with Gasteiger partial charge in [-0.3, -0.25) is 4.79 Å². The first-order valence-corrected chi connectivity index (χ1v) is 5.80. The molecule has 1 fully saturated rings. The molecule has 1 N–H and O–H groups in total. The Morgan fingerprint density at radius 1 is 1.73 bits per heavy atom. The molecule has 4 nitrogen and oxygen atoms in total. The molecule has 0 aromatic carbocycles. The van der Waals surface area contributed by atoms with Crippen LogP contribution in [0.4, 0.5) is 0 Å². The summed E-state index contributed by atoms with van der Waals surface area (Å²) in [5, 5.41) is 10.0. The molecule has 5 heteroatoms. The van der Waals surface area contributed by atoms with Crippen molar-refractivity contribution in [2.75, 3.05) is 13.2 Å². The van der Waals surface area contributed by atoms with E-state index in [2.05, 4.69) is 4.98 Å². The number of likely N-dealkylation sites (tertiary alicyclic amines) is 1. The summed E-state index contributed by atoms with van der Waals surface area (Å²) in [5.74, 6) is 0.256. The lowest BCUT2D eigenvalue weighted by Gasteiger charge is -2.14. The van der Waals surface area contributed by atoms with Crippen molar-refractivity contribution in [3.8, 4) is 0 Å². The molecule has 0 bridgehead atoms. The zero-order valence-corrected chi connectivity index (χ0v) is 9.46. The molecule has 1 aromatic rings. The topological polar surface area (TPSA) is 53.4 Å². The number of hydrogen-bond acceptors (Lipinski definition) is 4. The second-order valence-corrected chi connectivity index (χ2v) is 5.19. The first-order chi connectivity index (χ1) is 7.19. The summed E-state index contributed by atoms with van der Waals surface area (Å²) in [5.41, 5.74) is 0. The number of rotatable bonds is 3. The van der Waals surface area contributed by atoms with Crippen LogP contribution in [0.5, 0.6) is 0 Å². The van der Waals surface area contributed by atoms with Crippen molar-refractivity contribution in [1.29, 1.82) is 0 Å². The van der Waals surface area contributed by atoms with Gasteiger partial charge in [0.15, 0.2) is 0 Å². The number of aromatic nitrogens is 1. The van der Waals surface area contributed by atoms with Gasteiger partial charge in [0.2, 0.25) is 5.91 Å². The van der Waals surface area contributed by atoms with Gasteiger partial charge in [-0.1, -0.05) is 0 Å². The molecular formula is C10H14N2O2S. The Bertz CT molecular complexity index is 364. The quantitative estimate of drug-likeness (QED) is 0.829. The van der Waals surface area contributed by atoms with Crippen molar-refractivity contribution in [2.45, 2.75) is 19.9 Å². The van der Waals surface area contributed by atoms with E-state index in [-0.39, 0.29) is 18.4 Å². The van der Waals surface area contributed by atoms with Crippen molar-refractivity contribution in [3.05, 3.63) is 16.1 Å². The summed E-state index contributed by atoms with van der Waals surface area (Å²) in [4.78, 5) is 18.6. The fraction of sp³-hybridized carbons (Fsp3) is 0.600. The Balaban J connectivity index is 1.98. The van der Waals surface area contributed by atoms with Gasteiger partial charge in [0, 0.05) is 36.6 Å². The van der Waals surface area contributed by atoms with Gasteiger partial charge in [-0.25, -0.2) is 4.98 Å². The van der Waals surface area contributed by atoms with E-state index in [1.807, 2.05) is 13.1 Å². The lowest BCUT2D eigenvalue weighted by molar-refractivity contribution is -0.128. The van der Waals surface area contributed by atoms with E-state index in [4.69, 9.17) is 5.11 Å². The molecule has 15 heavy (non-hydrogen) atoms. The molecule has 0 radical (unpaired) electrons. The number of aryl methyl sites for hydroxylation is 1. The Morgan fingerprint density at radius 2 is 2.53 bits per heavy atom. The molecular weight excluding hydrogens is 212 g/mol. The van der Waals surface area contributed by atoms with Crippen LogP contribution in [0, 0.1) is 12.8 Å². The fourth-order valence-corrected chi connectivity index (χ4v) is 2.61. The molecule has 2 heterocycles. The Morgan fingerprint density at radius 3 is 3.07 bits per heavy atom. The molecule has 1 aliphatic heterocycles. The monoisotopic (exact) mass is 226 g/mol. The van der Waals surface area contributed by atoms with E-state index >= 15 is 0 Å². The summed E-state index contributed by atoms with van der Waals surface area (Å²) in [7, 11) is 0. The smallest absolute Gasteiger partial charge is 0.223 e. The van der Waals surface area contributed by atoms with Crippen LogP contribution in [0.15, 0.2) is 6.20 Å². The highest BCUT2D eigenvalue weighted by Gasteiger charge is 2.29. The standard InChI is InChI=1S/C10H14N2O2S/c1-7-11-3-9(15-7)5-12-4-8(6-13)2-10(12)14/h3,8,13H,2,4-6H2,1H3. The Hall–Kier alpha value is -0.940. The molecule has 1 aliphatic rings. The first-order valence-electron chi connectivity index (χ1n) is 4.99. The van der Waals surface area contributed by atoms with Crippen molar-refractivity contribution >= 4 is 17.2 Å². The zero-order valence-electron chi connectivity index (χ0n) is 8.64. The summed E-state index contributed by atoms with van der Waals surface area (Å²) in [6, 6.07) is 0. The van der Waals surface area contributed by atoms with Crippen LogP contribution in [-0.2, 0) is 11.3 Å². The van der Waals surface area contributed by atoms with E-state index in [1.165, 1.54) is 0 Å². The summed E-state index contributed by atoms with van der Waals surface area (Å²) in [6.07, 6.45) is 2.30. The number of thiazole rings is 1. The van der Waals surface area contributed by atoms with Gasteiger partial charge in [0.05, 0.1) is 11.6 Å². The lowest BCUT2D eigenvalue weighted by atomic mass is 10.1. The van der Waals surface area contributed by atoms with E-state index in [0.717, 1.165) is 9.88 Å². The van der Waals surface area contributed by atoms with Crippen molar-refractivity contribution in [2.24, 2.45) is 5.92 Å². The maximum atomic E-state index is 11.6. The Kier molecular flexibility index (Phi) is 3.02. The minimum absolute atomic E-state index is 0.101. The molecule has 1 amide bonds. The van der Waals surface area contributed by atoms with Crippen LogP contribution in [0.3, 0.4) is 0 Å². The van der Waals surface area contributed by atoms with Crippen LogP contribution in [-0.4, -0.2) is 34.0 Å². The highest BCUT2D eigenvalue weighted by molar-refractivity contribution is 7.11. The van der Waals surface area contributed by atoms with Crippen molar-refractivity contribution in [1.82, 2.24) is 9.88 Å². The second-order valence-electron chi connectivity index (χ2n) is 3.87. The largest absolute Gasteiger partial charge is 0.396 e. The highest BCUT2D eigenvalue weighted by atomic mass is 32.1. The molecule has 1 saturated heterocycles. The van der Waals surface area contributed by atoms with Gasteiger partial charge in [0.1, 0.15) is 0 Å². The van der Waals surface area contributed by atoms with Gasteiger partial charge < -0.3 is 10.0 Å². The number of nitrogens with zero attached hydrogens (tertiary/aromatic N) is 2. The number of aliphatic hydroxyl groups excluding tert-OH is 1. The molecule has 1 unspecified atom stereocenters. The van der Waals surface area contributed by atoms with Gasteiger partial charge in [-0.05, 0) is 6.92 Å². The summed E-state index contributed by atoms with van der Waals surface area (Å²) in [6.45, 7) is 3.37. The van der Waals surface area contributed by atoms with Crippen molar-refractivity contribution in [3.63, 3.8) is 0 Å². The third-order valence-corrected chi connectivity index (χ3v) is 3.47.